The van der Waals surface area contributed by atoms with Crippen LogP contribution >= 0.6 is 0 Å². The molecule has 24 heavy (non-hydrogen) atoms. The first-order valence-electron chi connectivity index (χ1n) is 7.18. The number of carbonyl (C=O) groups is 2. The number of carbonyl (C=O) groups excluding carboxylic acids is 2. The fourth-order valence-corrected chi connectivity index (χ4v) is 2.04. The SMILES string of the molecule is CCNC(=O)c1cccc(NC(=O)c2cccc(C(F)(F)F)c2)c1. The molecule has 2 aromatic carbocycles. The molecule has 2 N–H and O–H groups in total. The van der Waals surface area contributed by atoms with E-state index in [0.717, 1.165) is 12.1 Å². The van der Waals surface area contributed by atoms with E-state index in [1.54, 1.807) is 25.1 Å². The highest BCUT2D eigenvalue weighted by Gasteiger charge is 2.30. The van der Waals surface area contributed by atoms with Gasteiger partial charge in [0.25, 0.3) is 11.8 Å². The number of anilines is 1. The average Bonchev–Trinajstić information content (AvgIpc) is 2.54. The summed E-state index contributed by atoms with van der Waals surface area (Å²) in [5, 5.41) is 5.11. The van der Waals surface area contributed by atoms with Crippen LogP contribution in [0.3, 0.4) is 0 Å². The van der Waals surface area contributed by atoms with E-state index >= 15 is 0 Å². The third-order valence-corrected chi connectivity index (χ3v) is 3.17. The second-order valence-electron chi connectivity index (χ2n) is 4.97. The van der Waals surface area contributed by atoms with Gasteiger partial charge in [-0.1, -0.05) is 12.1 Å². The first-order chi connectivity index (χ1) is 11.3. The number of rotatable bonds is 4. The predicted molar refractivity (Wildman–Crippen MR) is 83.8 cm³/mol. The van der Waals surface area contributed by atoms with Gasteiger partial charge in [0, 0.05) is 23.4 Å². The Morgan fingerprint density at radius 3 is 2.21 bits per heavy atom. The predicted octanol–water partition coefficient (Wildman–Crippen LogP) is 3.71. The van der Waals surface area contributed by atoms with Crippen LogP contribution < -0.4 is 10.6 Å². The second kappa shape index (κ2) is 7.16. The molecule has 0 aromatic heterocycles. The molecule has 7 heteroatoms. The summed E-state index contributed by atoms with van der Waals surface area (Å²) < 4.78 is 38.1. The number of hydrogen-bond acceptors (Lipinski definition) is 2. The quantitative estimate of drug-likeness (QED) is 0.894. The highest BCUT2D eigenvalue weighted by Crippen LogP contribution is 2.29. The van der Waals surface area contributed by atoms with Crippen molar-refractivity contribution in [3.8, 4) is 0 Å². The van der Waals surface area contributed by atoms with Crippen molar-refractivity contribution >= 4 is 17.5 Å². The summed E-state index contributed by atoms with van der Waals surface area (Å²) in [4.78, 5) is 23.9. The minimum atomic E-state index is -4.52. The molecule has 0 spiro atoms. The summed E-state index contributed by atoms with van der Waals surface area (Å²) in [6.45, 7) is 2.23. The molecular formula is C17H15F3N2O2. The number of nitrogens with one attached hydrogen (secondary N) is 2. The summed E-state index contributed by atoms with van der Waals surface area (Å²) in [5.74, 6) is -0.984. The van der Waals surface area contributed by atoms with Crippen molar-refractivity contribution in [2.45, 2.75) is 13.1 Å². The maximum absolute atomic E-state index is 12.7. The zero-order valence-corrected chi connectivity index (χ0v) is 12.8. The van der Waals surface area contributed by atoms with E-state index in [9.17, 15) is 22.8 Å². The van der Waals surface area contributed by atoms with E-state index < -0.39 is 17.6 Å². The Hall–Kier alpha value is -2.83. The van der Waals surface area contributed by atoms with Crippen molar-refractivity contribution in [1.29, 1.82) is 0 Å². The Bertz CT molecular complexity index is 757. The third kappa shape index (κ3) is 4.34. The molecule has 0 aliphatic rings. The largest absolute Gasteiger partial charge is 0.416 e. The minimum Gasteiger partial charge on any atom is -0.352 e. The minimum absolute atomic E-state index is 0.117. The van der Waals surface area contributed by atoms with E-state index in [0.29, 0.717) is 17.8 Å². The van der Waals surface area contributed by atoms with Crippen molar-refractivity contribution in [1.82, 2.24) is 5.32 Å². The Balaban J connectivity index is 2.18. The molecule has 0 aliphatic heterocycles. The third-order valence-electron chi connectivity index (χ3n) is 3.17. The van der Waals surface area contributed by atoms with Gasteiger partial charge in [-0.05, 0) is 43.3 Å². The number of halogens is 3. The van der Waals surface area contributed by atoms with Crippen LogP contribution in [0.4, 0.5) is 18.9 Å². The van der Waals surface area contributed by atoms with E-state index in [4.69, 9.17) is 0 Å². The van der Waals surface area contributed by atoms with Gasteiger partial charge in [0.05, 0.1) is 5.56 Å². The van der Waals surface area contributed by atoms with Gasteiger partial charge in [-0.3, -0.25) is 9.59 Å². The van der Waals surface area contributed by atoms with Crippen molar-refractivity contribution in [2.24, 2.45) is 0 Å². The van der Waals surface area contributed by atoms with Gasteiger partial charge in [-0.2, -0.15) is 13.2 Å². The van der Waals surface area contributed by atoms with Gasteiger partial charge in [0.15, 0.2) is 0 Å². The summed E-state index contributed by atoms with van der Waals surface area (Å²) in [7, 11) is 0. The molecule has 2 aromatic rings. The molecule has 126 valence electrons. The standard InChI is InChI=1S/C17H15F3N2O2/c1-2-21-15(23)12-6-4-8-14(10-12)22-16(24)11-5-3-7-13(9-11)17(18,19)20/h3-10H,2H2,1H3,(H,21,23)(H,22,24). The first kappa shape index (κ1) is 17.5. The van der Waals surface area contributed by atoms with Gasteiger partial charge >= 0.3 is 6.18 Å². The maximum atomic E-state index is 12.7. The van der Waals surface area contributed by atoms with Crippen LogP contribution in [-0.4, -0.2) is 18.4 Å². The molecule has 0 aliphatic carbocycles. The highest BCUT2D eigenvalue weighted by atomic mass is 19.4. The Kier molecular flexibility index (Phi) is 5.23. The smallest absolute Gasteiger partial charge is 0.352 e. The summed E-state index contributed by atoms with van der Waals surface area (Å²) in [6.07, 6.45) is -4.52. The van der Waals surface area contributed by atoms with Gasteiger partial charge in [0.1, 0.15) is 0 Å². The lowest BCUT2D eigenvalue weighted by atomic mass is 10.1. The summed E-state index contributed by atoms with van der Waals surface area (Å²) in [6, 6.07) is 10.3. The molecule has 0 unspecified atom stereocenters. The summed E-state index contributed by atoms with van der Waals surface area (Å²) >= 11 is 0. The molecule has 4 nitrogen and oxygen atoms in total. The lowest BCUT2D eigenvalue weighted by molar-refractivity contribution is -0.137. The van der Waals surface area contributed by atoms with Crippen molar-refractivity contribution in [2.75, 3.05) is 11.9 Å². The molecule has 0 heterocycles. The number of alkyl halides is 3. The van der Waals surface area contributed by atoms with E-state index in [1.807, 2.05) is 0 Å². The van der Waals surface area contributed by atoms with Gasteiger partial charge in [-0.15, -0.1) is 0 Å². The van der Waals surface area contributed by atoms with Gasteiger partial charge in [0.2, 0.25) is 0 Å². The van der Waals surface area contributed by atoms with Crippen LogP contribution in [0.5, 0.6) is 0 Å². The first-order valence-corrected chi connectivity index (χ1v) is 7.18. The van der Waals surface area contributed by atoms with Crippen LogP contribution in [0.1, 0.15) is 33.2 Å². The number of hydrogen-bond donors (Lipinski definition) is 2. The van der Waals surface area contributed by atoms with Crippen LogP contribution in [0.15, 0.2) is 48.5 Å². The van der Waals surface area contributed by atoms with Gasteiger partial charge < -0.3 is 10.6 Å². The van der Waals surface area contributed by atoms with E-state index in [2.05, 4.69) is 10.6 Å². The lowest BCUT2D eigenvalue weighted by Crippen LogP contribution is -2.22. The summed E-state index contributed by atoms with van der Waals surface area (Å²) in [5.41, 5.74) is -0.348. The molecule has 0 bridgehead atoms. The maximum Gasteiger partial charge on any atom is 0.416 e. The lowest BCUT2D eigenvalue weighted by Gasteiger charge is -2.10. The average molecular weight is 336 g/mol. The molecule has 2 amide bonds. The zero-order valence-electron chi connectivity index (χ0n) is 12.8. The second-order valence-corrected chi connectivity index (χ2v) is 4.97. The highest BCUT2D eigenvalue weighted by molar-refractivity contribution is 6.05. The number of amides is 2. The topological polar surface area (TPSA) is 58.2 Å². The van der Waals surface area contributed by atoms with E-state index in [1.165, 1.54) is 18.2 Å². The number of benzene rings is 2. The van der Waals surface area contributed by atoms with Crippen LogP contribution in [-0.2, 0) is 6.18 Å². The zero-order chi connectivity index (χ0) is 17.7. The van der Waals surface area contributed by atoms with Crippen molar-refractivity contribution in [3.05, 3.63) is 65.2 Å². The molecule has 0 radical (unpaired) electrons. The molecule has 0 atom stereocenters. The van der Waals surface area contributed by atoms with Gasteiger partial charge in [-0.25, -0.2) is 0 Å². The van der Waals surface area contributed by atoms with Crippen molar-refractivity contribution in [3.63, 3.8) is 0 Å². The van der Waals surface area contributed by atoms with Crippen LogP contribution in [0.2, 0.25) is 0 Å². The van der Waals surface area contributed by atoms with Crippen LogP contribution in [0.25, 0.3) is 0 Å². The normalized spacial score (nSPS) is 11.0. The van der Waals surface area contributed by atoms with Crippen LogP contribution in [0, 0.1) is 0 Å². The molecule has 2 rings (SSSR count). The Morgan fingerprint density at radius 1 is 0.958 bits per heavy atom. The van der Waals surface area contributed by atoms with Crippen molar-refractivity contribution < 1.29 is 22.8 Å². The molecular weight excluding hydrogens is 321 g/mol. The fraction of sp³-hybridized carbons (Fsp3) is 0.176. The fourth-order valence-electron chi connectivity index (χ4n) is 2.04. The van der Waals surface area contributed by atoms with E-state index in [-0.39, 0.29) is 11.5 Å². The molecule has 0 saturated carbocycles. The molecule has 0 fully saturated rings. The molecule has 0 saturated heterocycles. The monoisotopic (exact) mass is 336 g/mol. The Labute approximate surface area is 136 Å². The Morgan fingerprint density at radius 2 is 1.58 bits per heavy atom.